The van der Waals surface area contributed by atoms with Crippen molar-refractivity contribution >= 4 is 0 Å². The fourth-order valence-electron chi connectivity index (χ4n) is 1.31. The molecule has 0 bridgehead atoms. The van der Waals surface area contributed by atoms with E-state index in [9.17, 15) is 4.39 Å². The fourth-order valence-corrected chi connectivity index (χ4v) is 1.31. The number of halogens is 1. The first-order valence-electron chi connectivity index (χ1n) is 4.30. The number of rotatable bonds is 1. The van der Waals surface area contributed by atoms with E-state index in [2.05, 4.69) is 4.98 Å². The molecular formula is C10H15FN2. The molecule has 3 heteroatoms. The van der Waals surface area contributed by atoms with E-state index in [0.717, 1.165) is 11.3 Å². The molecule has 0 spiro atoms. The van der Waals surface area contributed by atoms with Gasteiger partial charge in [-0.3, -0.25) is 4.98 Å². The molecule has 72 valence electrons. The Morgan fingerprint density at radius 2 is 2.08 bits per heavy atom. The average molecular weight is 182 g/mol. The van der Waals surface area contributed by atoms with Gasteiger partial charge in [-0.1, -0.05) is 20.8 Å². The third-order valence-corrected chi connectivity index (χ3v) is 1.86. The molecule has 1 heterocycles. The van der Waals surface area contributed by atoms with Crippen LogP contribution in [0.15, 0.2) is 12.3 Å². The van der Waals surface area contributed by atoms with Gasteiger partial charge in [0.15, 0.2) is 0 Å². The predicted molar refractivity (Wildman–Crippen MR) is 50.8 cm³/mol. The molecule has 2 N–H and O–H groups in total. The molecule has 0 fully saturated rings. The van der Waals surface area contributed by atoms with Crippen molar-refractivity contribution in [1.82, 2.24) is 4.98 Å². The quantitative estimate of drug-likeness (QED) is 0.721. The molecule has 0 aromatic carbocycles. The van der Waals surface area contributed by atoms with Gasteiger partial charge in [0, 0.05) is 12.0 Å². The van der Waals surface area contributed by atoms with Crippen molar-refractivity contribution in [1.29, 1.82) is 0 Å². The Hall–Kier alpha value is -0.960. The van der Waals surface area contributed by atoms with Gasteiger partial charge < -0.3 is 5.73 Å². The Labute approximate surface area is 78.0 Å². The van der Waals surface area contributed by atoms with Crippen molar-refractivity contribution in [3.8, 4) is 0 Å². The van der Waals surface area contributed by atoms with Gasteiger partial charge in [0.05, 0.1) is 11.9 Å². The highest BCUT2D eigenvalue weighted by molar-refractivity contribution is 5.26. The molecule has 0 saturated carbocycles. The average Bonchev–Trinajstić information content (AvgIpc) is 2.01. The number of hydrogen-bond donors (Lipinski definition) is 1. The first-order valence-corrected chi connectivity index (χ1v) is 4.30. The summed E-state index contributed by atoms with van der Waals surface area (Å²) in [6, 6.07) is 1.45. The van der Waals surface area contributed by atoms with Crippen LogP contribution in [0.4, 0.5) is 4.39 Å². The minimum Gasteiger partial charge on any atom is -0.326 e. The van der Waals surface area contributed by atoms with E-state index < -0.39 is 0 Å². The molecule has 0 unspecified atom stereocenters. The topological polar surface area (TPSA) is 38.9 Å². The van der Waals surface area contributed by atoms with E-state index in [4.69, 9.17) is 5.73 Å². The van der Waals surface area contributed by atoms with Crippen LogP contribution in [0.5, 0.6) is 0 Å². The van der Waals surface area contributed by atoms with Crippen molar-refractivity contribution in [3.63, 3.8) is 0 Å². The lowest BCUT2D eigenvalue weighted by atomic mass is 9.88. The van der Waals surface area contributed by atoms with E-state index in [-0.39, 0.29) is 11.2 Å². The zero-order valence-corrected chi connectivity index (χ0v) is 8.26. The molecule has 0 radical (unpaired) electrons. The van der Waals surface area contributed by atoms with Gasteiger partial charge in [-0.25, -0.2) is 4.39 Å². The predicted octanol–water partition coefficient (Wildman–Crippen LogP) is 1.98. The smallest absolute Gasteiger partial charge is 0.141 e. The molecular weight excluding hydrogens is 167 g/mol. The summed E-state index contributed by atoms with van der Waals surface area (Å²) >= 11 is 0. The lowest BCUT2D eigenvalue weighted by Crippen LogP contribution is -2.18. The summed E-state index contributed by atoms with van der Waals surface area (Å²) in [5.74, 6) is -0.326. The lowest BCUT2D eigenvalue weighted by molar-refractivity contribution is 0.548. The van der Waals surface area contributed by atoms with Gasteiger partial charge in [0.2, 0.25) is 0 Å². The second kappa shape index (κ2) is 3.42. The maximum absolute atomic E-state index is 12.8. The highest BCUT2D eigenvalue weighted by Gasteiger charge is 2.19. The van der Waals surface area contributed by atoms with E-state index in [0.29, 0.717) is 6.54 Å². The minimum atomic E-state index is -0.326. The molecule has 2 nitrogen and oxygen atoms in total. The van der Waals surface area contributed by atoms with Crippen LogP contribution in [0.1, 0.15) is 32.0 Å². The Balaban J connectivity index is 3.22. The first kappa shape index (κ1) is 10.1. The number of aromatic nitrogens is 1. The second-order valence-corrected chi connectivity index (χ2v) is 4.12. The lowest BCUT2D eigenvalue weighted by Gasteiger charge is -2.20. The van der Waals surface area contributed by atoms with Crippen molar-refractivity contribution in [2.24, 2.45) is 5.73 Å². The van der Waals surface area contributed by atoms with Crippen molar-refractivity contribution < 1.29 is 4.39 Å². The normalized spacial score (nSPS) is 11.8. The third-order valence-electron chi connectivity index (χ3n) is 1.86. The highest BCUT2D eigenvalue weighted by Crippen LogP contribution is 2.23. The zero-order chi connectivity index (χ0) is 10.1. The van der Waals surface area contributed by atoms with E-state index in [1.54, 1.807) is 0 Å². The summed E-state index contributed by atoms with van der Waals surface area (Å²) in [6.07, 6.45) is 1.24. The monoisotopic (exact) mass is 182 g/mol. The summed E-state index contributed by atoms with van der Waals surface area (Å²) in [5.41, 5.74) is 7.08. The summed E-state index contributed by atoms with van der Waals surface area (Å²) in [4.78, 5) is 4.07. The molecule has 0 amide bonds. The van der Waals surface area contributed by atoms with Gasteiger partial charge in [0.25, 0.3) is 0 Å². The summed E-state index contributed by atoms with van der Waals surface area (Å²) in [6.45, 7) is 6.43. The summed E-state index contributed by atoms with van der Waals surface area (Å²) in [5, 5.41) is 0. The van der Waals surface area contributed by atoms with Gasteiger partial charge in [-0.05, 0) is 11.6 Å². The Bertz CT molecular complexity index is 302. The number of pyridine rings is 1. The molecule has 0 aliphatic carbocycles. The molecule has 1 aromatic heterocycles. The Kier molecular flexibility index (Phi) is 2.66. The summed E-state index contributed by atoms with van der Waals surface area (Å²) in [7, 11) is 0. The van der Waals surface area contributed by atoms with E-state index in [1.165, 1.54) is 12.3 Å². The second-order valence-electron chi connectivity index (χ2n) is 4.12. The molecule has 0 aliphatic rings. The maximum Gasteiger partial charge on any atom is 0.141 e. The van der Waals surface area contributed by atoms with Crippen LogP contribution in [0.25, 0.3) is 0 Å². The van der Waals surface area contributed by atoms with Crippen LogP contribution in [-0.4, -0.2) is 4.98 Å². The maximum atomic E-state index is 12.8. The van der Waals surface area contributed by atoms with Crippen LogP contribution < -0.4 is 5.73 Å². The van der Waals surface area contributed by atoms with Crippen LogP contribution in [0, 0.1) is 5.82 Å². The largest absolute Gasteiger partial charge is 0.326 e. The molecule has 0 atom stereocenters. The SMILES string of the molecule is CC(C)(C)c1ncc(F)cc1CN. The fraction of sp³-hybridized carbons (Fsp3) is 0.500. The first-order chi connectivity index (χ1) is 5.95. The van der Waals surface area contributed by atoms with Gasteiger partial charge >= 0.3 is 0 Å². The van der Waals surface area contributed by atoms with Crippen LogP contribution in [0.2, 0.25) is 0 Å². The summed E-state index contributed by atoms with van der Waals surface area (Å²) < 4.78 is 12.8. The zero-order valence-electron chi connectivity index (χ0n) is 8.26. The molecule has 13 heavy (non-hydrogen) atoms. The molecule has 1 rings (SSSR count). The van der Waals surface area contributed by atoms with Crippen LogP contribution >= 0.6 is 0 Å². The van der Waals surface area contributed by atoms with Crippen molar-refractivity contribution in [2.75, 3.05) is 0 Å². The van der Waals surface area contributed by atoms with Crippen LogP contribution in [0.3, 0.4) is 0 Å². The number of nitrogens with zero attached hydrogens (tertiary/aromatic N) is 1. The van der Waals surface area contributed by atoms with E-state index >= 15 is 0 Å². The Morgan fingerprint density at radius 1 is 1.46 bits per heavy atom. The van der Waals surface area contributed by atoms with E-state index in [1.807, 2.05) is 20.8 Å². The van der Waals surface area contributed by atoms with Crippen LogP contribution in [-0.2, 0) is 12.0 Å². The standard InChI is InChI=1S/C10H15FN2/c1-10(2,3)9-7(5-12)4-8(11)6-13-9/h4,6H,5,12H2,1-3H3. The van der Waals surface area contributed by atoms with Gasteiger partial charge in [-0.2, -0.15) is 0 Å². The molecule has 0 saturated heterocycles. The van der Waals surface area contributed by atoms with Crippen molar-refractivity contribution in [2.45, 2.75) is 32.7 Å². The number of nitrogens with two attached hydrogens (primary N) is 1. The number of hydrogen-bond acceptors (Lipinski definition) is 2. The third kappa shape index (κ3) is 2.25. The van der Waals surface area contributed by atoms with Crippen molar-refractivity contribution in [3.05, 3.63) is 29.3 Å². The van der Waals surface area contributed by atoms with Gasteiger partial charge in [-0.15, -0.1) is 0 Å². The molecule has 0 aliphatic heterocycles. The highest BCUT2D eigenvalue weighted by atomic mass is 19.1. The van der Waals surface area contributed by atoms with Gasteiger partial charge in [0.1, 0.15) is 5.82 Å². The Morgan fingerprint density at radius 3 is 2.54 bits per heavy atom. The minimum absolute atomic E-state index is 0.0809. The molecule has 1 aromatic rings.